The minimum Gasteiger partial charge on any atom is -0.330 e. The summed E-state index contributed by atoms with van der Waals surface area (Å²) in [5.74, 6) is -0.237. The standard InChI is InChI=1S/C14H18FN3S/c1-9(17(2)11-4-5-11)8-18-13-6-3-10(15)7-12(13)16-14(18)19/h3,6-7,9,11H,4-5,8H2,1-2H3,(H,16,19). The van der Waals surface area contributed by atoms with E-state index in [1.807, 2.05) is 0 Å². The summed E-state index contributed by atoms with van der Waals surface area (Å²) in [6.07, 6.45) is 2.59. The molecule has 0 bridgehead atoms. The van der Waals surface area contributed by atoms with E-state index in [1.165, 1.54) is 25.0 Å². The van der Waals surface area contributed by atoms with Crippen molar-refractivity contribution in [3.8, 4) is 0 Å². The lowest BCUT2D eigenvalue weighted by atomic mass is 10.2. The maximum Gasteiger partial charge on any atom is 0.178 e. The van der Waals surface area contributed by atoms with E-state index in [1.54, 1.807) is 6.07 Å². The molecule has 102 valence electrons. The number of fused-ring (bicyclic) bond motifs is 1. The fraction of sp³-hybridized carbons (Fsp3) is 0.500. The Kier molecular flexibility index (Phi) is 3.19. The molecule has 1 aliphatic rings. The second-order valence-electron chi connectivity index (χ2n) is 5.45. The van der Waals surface area contributed by atoms with Gasteiger partial charge in [0, 0.05) is 18.6 Å². The zero-order valence-corrected chi connectivity index (χ0v) is 12.0. The molecule has 1 aromatic heterocycles. The molecule has 1 aliphatic carbocycles. The zero-order chi connectivity index (χ0) is 13.6. The molecule has 0 spiro atoms. The van der Waals surface area contributed by atoms with E-state index in [0.717, 1.165) is 23.6 Å². The number of H-pyrrole nitrogens is 1. The van der Waals surface area contributed by atoms with Gasteiger partial charge in [-0.3, -0.25) is 4.90 Å². The lowest BCUT2D eigenvalue weighted by molar-refractivity contribution is 0.226. The lowest BCUT2D eigenvalue weighted by Gasteiger charge is -2.25. The molecule has 0 radical (unpaired) electrons. The largest absolute Gasteiger partial charge is 0.330 e. The van der Waals surface area contributed by atoms with Crippen LogP contribution in [-0.2, 0) is 6.54 Å². The molecule has 3 nitrogen and oxygen atoms in total. The van der Waals surface area contributed by atoms with Crippen LogP contribution in [0.2, 0.25) is 0 Å². The quantitative estimate of drug-likeness (QED) is 0.868. The highest BCUT2D eigenvalue weighted by molar-refractivity contribution is 7.71. The number of likely N-dealkylation sites (N-methyl/N-ethyl adjacent to an activating group) is 1. The van der Waals surface area contributed by atoms with Crippen LogP contribution >= 0.6 is 12.2 Å². The van der Waals surface area contributed by atoms with Gasteiger partial charge in [0.05, 0.1) is 11.0 Å². The van der Waals surface area contributed by atoms with E-state index >= 15 is 0 Å². The number of hydrogen-bond acceptors (Lipinski definition) is 2. The summed E-state index contributed by atoms with van der Waals surface area (Å²) >= 11 is 5.35. The minimum absolute atomic E-state index is 0.237. The average Bonchev–Trinajstić information content (AvgIpc) is 3.15. The van der Waals surface area contributed by atoms with Crippen molar-refractivity contribution >= 4 is 23.3 Å². The summed E-state index contributed by atoms with van der Waals surface area (Å²) in [7, 11) is 2.17. The fourth-order valence-electron chi connectivity index (χ4n) is 2.55. The third-order valence-electron chi connectivity index (χ3n) is 4.00. The molecule has 0 amide bonds. The SMILES string of the molecule is CC(Cn1c(=S)[nH]c2cc(F)ccc21)N(C)C1CC1. The smallest absolute Gasteiger partial charge is 0.178 e. The molecule has 0 aliphatic heterocycles. The summed E-state index contributed by atoms with van der Waals surface area (Å²) in [5, 5.41) is 0. The van der Waals surface area contributed by atoms with Gasteiger partial charge in [0.2, 0.25) is 0 Å². The van der Waals surface area contributed by atoms with Crippen molar-refractivity contribution in [2.45, 2.75) is 38.4 Å². The number of benzene rings is 1. The van der Waals surface area contributed by atoms with Crippen molar-refractivity contribution in [3.63, 3.8) is 0 Å². The van der Waals surface area contributed by atoms with Gasteiger partial charge in [0.15, 0.2) is 4.77 Å². The van der Waals surface area contributed by atoms with Crippen LogP contribution in [0.25, 0.3) is 11.0 Å². The second-order valence-corrected chi connectivity index (χ2v) is 5.83. The van der Waals surface area contributed by atoms with Gasteiger partial charge >= 0.3 is 0 Å². The Hall–Kier alpha value is -1.20. The van der Waals surface area contributed by atoms with Gasteiger partial charge in [-0.05, 0) is 57.2 Å². The molecular formula is C14H18FN3S. The molecule has 5 heteroatoms. The van der Waals surface area contributed by atoms with E-state index in [-0.39, 0.29) is 5.82 Å². The molecule has 2 aromatic rings. The summed E-state index contributed by atoms with van der Waals surface area (Å²) in [6.45, 7) is 3.04. The number of aromatic nitrogens is 2. The van der Waals surface area contributed by atoms with Crippen LogP contribution in [0.5, 0.6) is 0 Å². The number of hydrogen-bond donors (Lipinski definition) is 1. The van der Waals surface area contributed by atoms with E-state index in [0.29, 0.717) is 10.8 Å². The molecule has 1 fully saturated rings. The summed E-state index contributed by atoms with van der Waals surface area (Å²) in [6, 6.07) is 5.92. The van der Waals surface area contributed by atoms with Crippen LogP contribution < -0.4 is 0 Å². The molecule has 19 heavy (non-hydrogen) atoms. The Morgan fingerprint density at radius 1 is 1.53 bits per heavy atom. The molecule has 1 aromatic carbocycles. The predicted molar refractivity (Wildman–Crippen MR) is 77.3 cm³/mol. The monoisotopic (exact) mass is 279 g/mol. The summed E-state index contributed by atoms with van der Waals surface area (Å²) in [4.78, 5) is 5.48. The summed E-state index contributed by atoms with van der Waals surface area (Å²) < 4.78 is 15.9. The Balaban J connectivity index is 1.91. The zero-order valence-electron chi connectivity index (χ0n) is 11.2. The van der Waals surface area contributed by atoms with Crippen LogP contribution in [0.15, 0.2) is 18.2 Å². The normalized spacial score (nSPS) is 17.3. The number of rotatable bonds is 4. The highest BCUT2D eigenvalue weighted by Crippen LogP contribution is 2.27. The van der Waals surface area contributed by atoms with E-state index < -0.39 is 0 Å². The van der Waals surface area contributed by atoms with Gasteiger partial charge in [-0.15, -0.1) is 0 Å². The van der Waals surface area contributed by atoms with Crippen LogP contribution in [0.4, 0.5) is 4.39 Å². The van der Waals surface area contributed by atoms with Crippen LogP contribution in [0, 0.1) is 10.6 Å². The van der Waals surface area contributed by atoms with Gasteiger partial charge in [-0.2, -0.15) is 0 Å². The first-order valence-electron chi connectivity index (χ1n) is 6.66. The lowest BCUT2D eigenvalue weighted by Crippen LogP contribution is -2.34. The molecule has 1 N–H and O–H groups in total. The predicted octanol–water partition coefficient (Wildman–Crippen LogP) is 3.32. The van der Waals surface area contributed by atoms with Crippen LogP contribution in [0.1, 0.15) is 19.8 Å². The first-order valence-corrected chi connectivity index (χ1v) is 7.07. The van der Waals surface area contributed by atoms with Crippen molar-refractivity contribution in [3.05, 3.63) is 28.8 Å². The summed E-state index contributed by atoms with van der Waals surface area (Å²) in [5.41, 5.74) is 1.74. The molecule has 0 saturated heterocycles. The Morgan fingerprint density at radius 2 is 2.26 bits per heavy atom. The van der Waals surface area contributed by atoms with Crippen molar-refractivity contribution in [1.29, 1.82) is 0 Å². The van der Waals surface area contributed by atoms with Gasteiger partial charge in [-0.25, -0.2) is 4.39 Å². The second kappa shape index (κ2) is 4.72. The van der Waals surface area contributed by atoms with Gasteiger partial charge in [-0.1, -0.05) is 0 Å². The van der Waals surface area contributed by atoms with Gasteiger partial charge < -0.3 is 9.55 Å². The molecule has 1 unspecified atom stereocenters. The van der Waals surface area contributed by atoms with Crippen molar-refractivity contribution in [2.75, 3.05) is 7.05 Å². The number of imidazole rings is 1. The first-order chi connectivity index (χ1) is 9.06. The average molecular weight is 279 g/mol. The van der Waals surface area contributed by atoms with Crippen LogP contribution in [-0.4, -0.2) is 33.6 Å². The molecule has 1 heterocycles. The maximum atomic E-state index is 13.2. The van der Waals surface area contributed by atoms with E-state index in [9.17, 15) is 4.39 Å². The van der Waals surface area contributed by atoms with Crippen molar-refractivity contribution in [2.24, 2.45) is 0 Å². The number of halogens is 1. The minimum atomic E-state index is -0.237. The molecule has 1 saturated carbocycles. The van der Waals surface area contributed by atoms with E-state index in [2.05, 4.69) is 28.4 Å². The number of aromatic amines is 1. The molecule has 3 rings (SSSR count). The van der Waals surface area contributed by atoms with E-state index in [4.69, 9.17) is 12.2 Å². The number of nitrogens with zero attached hydrogens (tertiary/aromatic N) is 2. The first kappa shape index (κ1) is 12.8. The topological polar surface area (TPSA) is 24.0 Å². The Labute approximate surface area is 117 Å². The fourth-order valence-corrected chi connectivity index (χ4v) is 2.83. The molecular weight excluding hydrogens is 261 g/mol. The van der Waals surface area contributed by atoms with Crippen molar-refractivity contribution < 1.29 is 4.39 Å². The highest BCUT2D eigenvalue weighted by Gasteiger charge is 2.29. The third kappa shape index (κ3) is 2.44. The maximum absolute atomic E-state index is 13.2. The van der Waals surface area contributed by atoms with Gasteiger partial charge in [0.1, 0.15) is 5.82 Å². The Morgan fingerprint density at radius 3 is 2.95 bits per heavy atom. The highest BCUT2D eigenvalue weighted by atomic mass is 32.1. The third-order valence-corrected chi connectivity index (χ3v) is 4.32. The molecule has 1 atom stereocenters. The van der Waals surface area contributed by atoms with Gasteiger partial charge in [0.25, 0.3) is 0 Å². The van der Waals surface area contributed by atoms with Crippen LogP contribution in [0.3, 0.4) is 0 Å². The number of nitrogens with one attached hydrogen (secondary N) is 1. The Bertz CT molecular complexity index is 656. The van der Waals surface area contributed by atoms with Crippen molar-refractivity contribution in [1.82, 2.24) is 14.5 Å².